The monoisotopic (exact) mass is 647 g/mol. The molecule has 4 aliphatic rings. The van der Waals surface area contributed by atoms with Gasteiger partial charge in [0.2, 0.25) is 6.35 Å². The lowest BCUT2D eigenvalue weighted by Gasteiger charge is -2.46. The average molecular weight is 648 g/mol. The van der Waals surface area contributed by atoms with Gasteiger partial charge in [-0.3, -0.25) is 15.1 Å². The van der Waals surface area contributed by atoms with E-state index < -0.39 is 23.6 Å². The summed E-state index contributed by atoms with van der Waals surface area (Å²) in [5.41, 5.74) is -0.643. The molecular weight excluding hydrogens is 608 g/mol. The number of phenolic OH excluding ortho intramolecular Hbond substituents is 1. The summed E-state index contributed by atoms with van der Waals surface area (Å²) in [7, 11) is 0. The van der Waals surface area contributed by atoms with E-state index in [-0.39, 0.29) is 51.8 Å². The van der Waals surface area contributed by atoms with Gasteiger partial charge in [0, 0.05) is 48.2 Å². The van der Waals surface area contributed by atoms with Crippen molar-refractivity contribution in [2.75, 3.05) is 38.3 Å². The summed E-state index contributed by atoms with van der Waals surface area (Å²) in [6, 6.07) is 5.65. The topological polar surface area (TPSA) is 123 Å². The number of piperidine rings is 2. The number of likely N-dealkylation sites (tertiary alicyclic amines) is 2. The van der Waals surface area contributed by atoms with Crippen molar-refractivity contribution in [2.24, 2.45) is 10.4 Å². The molecule has 12 heteroatoms. The van der Waals surface area contributed by atoms with E-state index in [0.717, 1.165) is 45.1 Å². The average Bonchev–Trinajstić information content (AvgIpc) is 3.49. The lowest BCUT2D eigenvalue weighted by Crippen LogP contribution is -2.53. The molecule has 10 nitrogen and oxygen atoms in total. The highest BCUT2D eigenvalue weighted by Gasteiger charge is 2.48. The molecule has 4 atom stereocenters. The van der Waals surface area contributed by atoms with Crippen LogP contribution in [0.2, 0.25) is 0 Å². The van der Waals surface area contributed by atoms with Crippen LogP contribution in [0.5, 0.6) is 5.75 Å². The van der Waals surface area contributed by atoms with Gasteiger partial charge in [-0.05, 0) is 69.0 Å². The fourth-order valence-corrected chi connectivity index (χ4v) is 8.29. The Morgan fingerprint density at radius 1 is 1.13 bits per heavy atom. The summed E-state index contributed by atoms with van der Waals surface area (Å²) in [4.78, 5) is 18.0. The lowest BCUT2D eigenvalue weighted by atomic mass is 9.75. The van der Waals surface area contributed by atoms with E-state index in [4.69, 9.17) is 16.2 Å². The second-order valence-electron chi connectivity index (χ2n) is 13.6. The van der Waals surface area contributed by atoms with Crippen molar-refractivity contribution in [3.63, 3.8) is 0 Å². The molecule has 3 fully saturated rings. The van der Waals surface area contributed by atoms with Crippen molar-refractivity contribution in [3.8, 4) is 29.4 Å². The number of hydrogen-bond acceptors (Lipinski definition) is 10. The maximum atomic E-state index is 16.9. The summed E-state index contributed by atoms with van der Waals surface area (Å²) in [5, 5.41) is 34.5. The number of β-amino-alcohol motifs (C(OH)–C–C–N with tert-alkyl or cyclic N) is 1. The van der Waals surface area contributed by atoms with E-state index >= 15 is 4.39 Å². The number of amidine groups is 1. The zero-order valence-electron chi connectivity index (χ0n) is 26.3. The molecule has 248 valence electrons. The second-order valence-corrected chi connectivity index (χ2v) is 13.6. The van der Waals surface area contributed by atoms with E-state index in [1.807, 2.05) is 4.90 Å². The highest BCUT2D eigenvalue weighted by atomic mass is 19.1. The fraction of sp³-hybridized carbons (Fsp3) is 0.486. The fourth-order valence-electron chi connectivity index (χ4n) is 8.29. The van der Waals surface area contributed by atoms with Gasteiger partial charge >= 0.3 is 0 Å². The van der Waals surface area contributed by atoms with Gasteiger partial charge in [-0.25, -0.2) is 18.7 Å². The Bertz CT molecular complexity index is 1780. The molecule has 3 aromatic rings. The van der Waals surface area contributed by atoms with E-state index in [2.05, 4.69) is 26.0 Å². The van der Waals surface area contributed by atoms with Gasteiger partial charge in [-0.2, -0.15) is 0 Å². The van der Waals surface area contributed by atoms with Crippen LogP contribution in [-0.4, -0.2) is 87.1 Å². The predicted octanol–water partition coefficient (Wildman–Crippen LogP) is 5.27. The Labute approximate surface area is 271 Å². The molecule has 2 saturated heterocycles. The first-order chi connectivity index (χ1) is 22.6. The molecule has 4 N–H and O–H groups in total. The van der Waals surface area contributed by atoms with E-state index in [1.54, 1.807) is 6.92 Å². The zero-order chi connectivity index (χ0) is 32.9. The first-order valence-corrected chi connectivity index (χ1v) is 16.2. The van der Waals surface area contributed by atoms with Crippen LogP contribution in [-0.2, 0) is 9.62 Å². The lowest BCUT2D eigenvalue weighted by molar-refractivity contribution is -0.279. The van der Waals surface area contributed by atoms with Crippen LogP contribution in [0.3, 0.4) is 0 Å². The molecule has 4 heterocycles. The second kappa shape index (κ2) is 12.3. The van der Waals surface area contributed by atoms with Crippen LogP contribution in [0.15, 0.2) is 35.5 Å². The number of fused-ring (bicyclic) bond motifs is 3. The number of aromatic nitrogens is 1. The van der Waals surface area contributed by atoms with Gasteiger partial charge in [0.1, 0.15) is 29.8 Å². The van der Waals surface area contributed by atoms with Crippen LogP contribution < -0.4 is 5.32 Å². The third-order valence-corrected chi connectivity index (χ3v) is 10.4. The van der Waals surface area contributed by atoms with E-state index in [0.29, 0.717) is 42.9 Å². The number of ether oxygens (including phenoxy) is 1. The SMILES string of the molecule is C#Cc1c(F)ccc2cc(O)cc(-c3ncc4c(c3F)NC(OC[C@]35CCC[C@H]3N(COO)CCC5)N=C4N3CCC[C@@](C)(O)C3)c12. The summed E-state index contributed by atoms with van der Waals surface area (Å²) in [6.45, 7) is 4.00. The Balaban J connectivity index is 1.29. The standard InChI is InChI=1S/C35H39F2N5O5/c1-3-23-26(36)9-8-21-15-22(43)16-24(28(21)23)30-29(37)31-25(17-38-30)32(41-13-5-10-34(2,44)18-41)40-33(39-31)46-19-35-11-4-7-27(35)42(20-47-45)14-6-12-35/h1,8-9,15-17,27,33,39,43-45H,4-7,10-14,18-20H2,2H3/t27-,33?,34-,35-/m1/s1. The number of nitrogens with one attached hydrogen (secondary N) is 1. The minimum atomic E-state index is -0.958. The first kappa shape index (κ1) is 31.7. The van der Waals surface area contributed by atoms with E-state index in [1.165, 1.54) is 30.5 Å². The van der Waals surface area contributed by atoms with Crippen LogP contribution >= 0.6 is 0 Å². The van der Waals surface area contributed by atoms with Crippen LogP contribution in [0.1, 0.15) is 63.0 Å². The molecule has 2 aromatic carbocycles. The maximum absolute atomic E-state index is 16.9. The minimum Gasteiger partial charge on any atom is -0.508 e. The summed E-state index contributed by atoms with van der Waals surface area (Å²) in [5.74, 6) is 1.31. The van der Waals surface area contributed by atoms with E-state index in [9.17, 15) is 19.9 Å². The molecule has 47 heavy (non-hydrogen) atoms. The number of phenols is 1. The number of terminal acetylenes is 1. The van der Waals surface area contributed by atoms with Gasteiger partial charge in [-0.15, -0.1) is 6.42 Å². The number of aliphatic hydroxyl groups is 1. The largest absolute Gasteiger partial charge is 0.508 e. The van der Waals surface area contributed by atoms with Crippen molar-refractivity contribution in [3.05, 3.63) is 53.2 Å². The molecule has 0 spiro atoms. The molecule has 0 radical (unpaired) electrons. The van der Waals surface area contributed by atoms with Crippen molar-refractivity contribution in [2.45, 2.75) is 69.9 Å². The quantitative estimate of drug-likeness (QED) is 0.161. The Morgan fingerprint density at radius 3 is 2.72 bits per heavy atom. The van der Waals surface area contributed by atoms with Crippen molar-refractivity contribution in [1.29, 1.82) is 0 Å². The third-order valence-electron chi connectivity index (χ3n) is 10.4. The molecule has 0 amide bonds. The molecule has 1 unspecified atom stereocenters. The number of rotatable bonds is 6. The van der Waals surface area contributed by atoms with Crippen LogP contribution in [0, 0.1) is 29.4 Å². The van der Waals surface area contributed by atoms with Gasteiger partial charge in [0.25, 0.3) is 0 Å². The smallest absolute Gasteiger partial charge is 0.227 e. The van der Waals surface area contributed by atoms with Crippen LogP contribution in [0.4, 0.5) is 14.5 Å². The number of anilines is 1. The van der Waals surface area contributed by atoms with Gasteiger partial charge in [0.15, 0.2) is 5.82 Å². The molecule has 1 aliphatic carbocycles. The normalized spacial score (nSPS) is 27.6. The Hall–Kier alpha value is -3.86. The minimum absolute atomic E-state index is 0.0538. The summed E-state index contributed by atoms with van der Waals surface area (Å²) >= 11 is 0. The van der Waals surface area contributed by atoms with Gasteiger partial charge in [-0.1, -0.05) is 18.4 Å². The molecular formula is C35H39F2N5O5. The summed E-state index contributed by atoms with van der Waals surface area (Å²) < 4.78 is 38.2. The highest BCUT2D eigenvalue weighted by molar-refractivity contribution is 6.06. The first-order valence-electron chi connectivity index (χ1n) is 16.2. The molecule has 0 bridgehead atoms. The maximum Gasteiger partial charge on any atom is 0.227 e. The Morgan fingerprint density at radius 2 is 1.94 bits per heavy atom. The number of halogens is 2. The number of aliphatic imine (C=N–C) groups is 1. The van der Waals surface area contributed by atoms with Gasteiger partial charge < -0.3 is 25.2 Å². The zero-order valence-corrected chi connectivity index (χ0v) is 26.3. The predicted molar refractivity (Wildman–Crippen MR) is 173 cm³/mol. The highest BCUT2D eigenvalue weighted by Crippen LogP contribution is 2.48. The number of nitrogens with zero attached hydrogens (tertiary/aromatic N) is 4. The van der Waals surface area contributed by atoms with Crippen molar-refractivity contribution >= 4 is 22.3 Å². The number of pyridine rings is 1. The van der Waals surface area contributed by atoms with Crippen molar-refractivity contribution in [1.82, 2.24) is 14.8 Å². The number of aromatic hydroxyl groups is 1. The summed E-state index contributed by atoms with van der Waals surface area (Å²) in [6.07, 6.45) is 12.4. The van der Waals surface area contributed by atoms with Crippen molar-refractivity contribution < 1.29 is 33.9 Å². The Kier molecular flexibility index (Phi) is 8.30. The number of hydrogen-bond donors (Lipinski definition) is 4. The molecule has 1 aromatic heterocycles. The van der Waals surface area contributed by atoms with Crippen LogP contribution in [0.25, 0.3) is 22.0 Å². The third kappa shape index (κ3) is 5.70. The van der Waals surface area contributed by atoms with Gasteiger partial charge in [0.05, 0.1) is 29.0 Å². The molecule has 1 saturated carbocycles. The molecule has 7 rings (SSSR count). The number of benzene rings is 2. The molecule has 3 aliphatic heterocycles.